The lowest BCUT2D eigenvalue weighted by Crippen LogP contribution is -2.60. The van der Waals surface area contributed by atoms with Crippen molar-refractivity contribution < 1.29 is 49.0 Å². The number of hydrogen-bond acceptors (Lipinski definition) is 3. The van der Waals surface area contributed by atoms with Gasteiger partial charge in [0.2, 0.25) is 0 Å². The van der Waals surface area contributed by atoms with Crippen LogP contribution in [0.5, 0.6) is 0 Å². The molecule has 0 spiro atoms. The predicted molar refractivity (Wildman–Crippen MR) is 64.1 cm³/mol. The fourth-order valence-corrected chi connectivity index (χ4v) is 2.06. The first-order valence-electron chi connectivity index (χ1n) is 6.14. The molecule has 0 N–H and O–H groups in total. The lowest BCUT2D eigenvalue weighted by atomic mass is 10.00. The van der Waals surface area contributed by atoms with Gasteiger partial charge in [-0.05, 0) is 19.1 Å². The molecule has 0 rings (SSSR count). The largest absolute Gasteiger partial charge is 0.465 e. The molecule has 0 bridgehead atoms. The zero-order valence-electron chi connectivity index (χ0n) is 11.7. The van der Waals surface area contributed by atoms with Crippen molar-refractivity contribution >= 4 is 17.7 Å². The molecule has 12 heteroatoms. The second kappa shape index (κ2) is 7.84. The van der Waals surface area contributed by atoms with Crippen molar-refractivity contribution in [2.24, 2.45) is 0 Å². The molecule has 0 aliphatic heterocycles. The van der Waals surface area contributed by atoms with Crippen LogP contribution in [0.25, 0.3) is 0 Å². The lowest BCUT2D eigenvalue weighted by Gasteiger charge is -2.33. The van der Waals surface area contributed by atoms with Crippen LogP contribution in [-0.4, -0.2) is 48.0 Å². The fourth-order valence-electron chi connectivity index (χ4n) is 1.32. The molecule has 0 aromatic heterocycles. The van der Waals surface area contributed by atoms with Gasteiger partial charge in [0.05, 0.1) is 12.4 Å². The smallest absolute Gasteiger partial charge is 0.460 e. The van der Waals surface area contributed by atoms with E-state index in [0.717, 1.165) is 0 Å². The number of carbonyl (C=O) groups is 1. The highest BCUT2D eigenvalue weighted by Crippen LogP contribution is 2.54. The van der Waals surface area contributed by atoms with Gasteiger partial charge in [0.1, 0.15) is 0 Å². The molecule has 138 valence electrons. The second-order valence-electron chi connectivity index (χ2n) is 4.31. The van der Waals surface area contributed by atoms with Crippen molar-refractivity contribution in [3.63, 3.8) is 0 Å². The molecule has 0 aliphatic carbocycles. The summed E-state index contributed by atoms with van der Waals surface area (Å²) >= 11 is 0.703. The molecular weight excluding hydrogens is 367 g/mol. The van der Waals surface area contributed by atoms with Crippen LogP contribution in [0.4, 0.5) is 39.5 Å². The van der Waals surface area contributed by atoms with Gasteiger partial charge in [-0.1, -0.05) is 0 Å². The van der Waals surface area contributed by atoms with Crippen molar-refractivity contribution in [3.8, 4) is 0 Å². The highest BCUT2D eigenvalue weighted by atomic mass is 32.2. The zero-order valence-corrected chi connectivity index (χ0v) is 12.5. The van der Waals surface area contributed by atoms with Gasteiger partial charge in [0.15, 0.2) is 0 Å². The van der Waals surface area contributed by atoms with Gasteiger partial charge in [-0.2, -0.15) is 51.3 Å². The first-order chi connectivity index (χ1) is 10.2. The van der Waals surface area contributed by atoms with Crippen LogP contribution in [0.1, 0.15) is 19.8 Å². The third kappa shape index (κ3) is 5.35. The van der Waals surface area contributed by atoms with Crippen LogP contribution >= 0.6 is 11.8 Å². The maximum absolute atomic E-state index is 13.1. The fraction of sp³-hybridized carbons (Fsp3) is 0.909. The number of alkyl halides is 9. The van der Waals surface area contributed by atoms with Crippen LogP contribution in [0.2, 0.25) is 0 Å². The monoisotopic (exact) mass is 380 g/mol. The minimum atomic E-state index is -6.86. The average Bonchev–Trinajstić information content (AvgIpc) is 2.36. The molecule has 0 fully saturated rings. The van der Waals surface area contributed by atoms with E-state index >= 15 is 0 Å². The van der Waals surface area contributed by atoms with Crippen molar-refractivity contribution in [2.75, 3.05) is 18.1 Å². The highest BCUT2D eigenvalue weighted by molar-refractivity contribution is 7.99. The molecule has 2 nitrogen and oxygen atoms in total. The summed E-state index contributed by atoms with van der Waals surface area (Å²) in [5, 5.41) is 0. The molecule has 0 heterocycles. The Hall–Kier alpha value is -0.810. The zero-order chi connectivity index (χ0) is 18.5. The third-order valence-electron chi connectivity index (χ3n) is 2.51. The van der Waals surface area contributed by atoms with E-state index < -0.39 is 42.8 Å². The number of esters is 1. The molecule has 23 heavy (non-hydrogen) atoms. The van der Waals surface area contributed by atoms with Gasteiger partial charge in [-0.15, -0.1) is 0 Å². The Morgan fingerprint density at radius 2 is 1.48 bits per heavy atom. The number of ether oxygens (including phenoxy) is 1. The minimum Gasteiger partial charge on any atom is -0.465 e. The van der Waals surface area contributed by atoms with E-state index in [4.69, 9.17) is 0 Å². The van der Waals surface area contributed by atoms with E-state index in [1.807, 2.05) is 0 Å². The first kappa shape index (κ1) is 22.2. The van der Waals surface area contributed by atoms with Crippen molar-refractivity contribution in [1.82, 2.24) is 0 Å². The van der Waals surface area contributed by atoms with Gasteiger partial charge < -0.3 is 4.74 Å². The summed E-state index contributed by atoms with van der Waals surface area (Å²) in [6.07, 6.45) is -9.49. The molecule has 0 aromatic rings. The summed E-state index contributed by atoms with van der Waals surface area (Å²) in [5.41, 5.74) is 0. The summed E-state index contributed by atoms with van der Waals surface area (Å²) in [6, 6.07) is 0. The van der Waals surface area contributed by atoms with Crippen molar-refractivity contribution in [3.05, 3.63) is 0 Å². The molecule has 0 saturated heterocycles. The highest BCUT2D eigenvalue weighted by Gasteiger charge is 2.81. The average molecular weight is 380 g/mol. The molecule has 0 amide bonds. The summed E-state index contributed by atoms with van der Waals surface area (Å²) in [6.45, 7) is 1.57. The molecule has 0 aliphatic rings. The van der Waals surface area contributed by atoms with Gasteiger partial charge in [-0.25, -0.2) is 0 Å². The van der Waals surface area contributed by atoms with E-state index in [1.165, 1.54) is 6.92 Å². The van der Waals surface area contributed by atoms with Gasteiger partial charge in [-0.3, -0.25) is 4.79 Å². The number of rotatable bonds is 9. The van der Waals surface area contributed by atoms with Crippen LogP contribution in [0.3, 0.4) is 0 Å². The number of thioether (sulfide) groups is 1. The topological polar surface area (TPSA) is 26.3 Å². The Kier molecular flexibility index (Phi) is 7.57. The van der Waals surface area contributed by atoms with Crippen molar-refractivity contribution in [2.45, 2.75) is 43.7 Å². The Balaban J connectivity index is 4.60. The van der Waals surface area contributed by atoms with E-state index in [1.54, 1.807) is 0 Å². The van der Waals surface area contributed by atoms with Crippen LogP contribution in [0.15, 0.2) is 0 Å². The van der Waals surface area contributed by atoms with Gasteiger partial charge in [0, 0.05) is 6.42 Å². The summed E-state index contributed by atoms with van der Waals surface area (Å²) < 4.78 is 117. The van der Waals surface area contributed by atoms with E-state index in [9.17, 15) is 44.3 Å². The van der Waals surface area contributed by atoms with E-state index in [-0.39, 0.29) is 18.1 Å². The lowest BCUT2D eigenvalue weighted by molar-refractivity contribution is -0.396. The Morgan fingerprint density at radius 1 is 0.957 bits per heavy atom. The first-order valence-corrected chi connectivity index (χ1v) is 7.29. The molecule has 0 aromatic carbocycles. The molecule has 0 saturated carbocycles. The summed E-state index contributed by atoms with van der Waals surface area (Å²) in [5.74, 6) is -20.3. The maximum Gasteiger partial charge on any atom is 0.460 e. The Bertz CT molecular complexity index is 395. The van der Waals surface area contributed by atoms with Crippen molar-refractivity contribution in [1.29, 1.82) is 0 Å². The standard InChI is InChI=1S/C11H13F9O2S/c1-2-22-7(21)6-23-5-3-4-8(12,13)9(14,15)10(16,17)11(18,19)20/h2-6H2,1H3. The number of hydrogen-bond donors (Lipinski definition) is 0. The summed E-state index contributed by atoms with van der Waals surface area (Å²) in [4.78, 5) is 10.9. The molecule has 0 radical (unpaired) electrons. The Morgan fingerprint density at radius 3 is 1.91 bits per heavy atom. The SMILES string of the molecule is CCOC(=O)CSCCCC(F)(F)C(F)(F)C(F)(F)C(F)(F)F. The number of carbonyl (C=O) groups excluding carboxylic acids is 1. The number of halogens is 9. The van der Waals surface area contributed by atoms with Gasteiger partial charge in [0.25, 0.3) is 0 Å². The van der Waals surface area contributed by atoms with E-state index in [0.29, 0.717) is 11.8 Å². The Labute approximate surface area is 129 Å². The third-order valence-corrected chi connectivity index (χ3v) is 3.53. The minimum absolute atomic E-state index is 0.0657. The van der Waals surface area contributed by atoms with Crippen LogP contribution < -0.4 is 0 Å². The summed E-state index contributed by atoms with van der Waals surface area (Å²) in [7, 11) is 0. The second-order valence-corrected chi connectivity index (χ2v) is 5.42. The molecular formula is C11H13F9O2S. The normalized spacial score (nSPS) is 14.0. The van der Waals surface area contributed by atoms with Crippen LogP contribution in [0, 0.1) is 0 Å². The van der Waals surface area contributed by atoms with Crippen LogP contribution in [-0.2, 0) is 9.53 Å². The van der Waals surface area contributed by atoms with Gasteiger partial charge >= 0.3 is 29.9 Å². The maximum atomic E-state index is 13.1. The molecule has 0 unspecified atom stereocenters. The quantitative estimate of drug-likeness (QED) is 0.334. The van der Waals surface area contributed by atoms with E-state index in [2.05, 4.69) is 4.74 Å². The molecule has 0 atom stereocenters. The predicted octanol–water partition coefficient (Wildman–Crippen LogP) is 4.53.